The Morgan fingerprint density at radius 1 is 1.19 bits per heavy atom. The largest absolute Gasteiger partial charge is 0.336 e. The van der Waals surface area contributed by atoms with E-state index in [0.29, 0.717) is 6.54 Å². The molecule has 2 aromatic rings. The van der Waals surface area contributed by atoms with Crippen LogP contribution in [0.2, 0.25) is 0 Å². The summed E-state index contributed by atoms with van der Waals surface area (Å²) < 4.78 is 39.9. The monoisotopic (exact) mass is 364 g/mol. The first kappa shape index (κ1) is 18.2. The van der Waals surface area contributed by atoms with Crippen LogP contribution >= 0.6 is 0 Å². The molecule has 1 atom stereocenters. The molecule has 0 bridgehead atoms. The summed E-state index contributed by atoms with van der Waals surface area (Å²) in [6, 6.07) is 2.08. The average molecular weight is 364 g/mol. The predicted octanol–water partition coefficient (Wildman–Crippen LogP) is 4.04. The number of hydrogen-bond acceptors (Lipinski definition) is 4. The number of piperidine rings is 1. The van der Waals surface area contributed by atoms with E-state index in [1.807, 2.05) is 11.8 Å². The van der Waals surface area contributed by atoms with Gasteiger partial charge in [-0.15, -0.1) is 0 Å². The molecule has 0 saturated carbocycles. The number of nitrogens with zero attached hydrogens (tertiary/aromatic N) is 3. The van der Waals surface area contributed by atoms with Crippen molar-refractivity contribution in [3.63, 3.8) is 0 Å². The highest BCUT2D eigenvalue weighted by atomic mass is 19.2. The Hall–Kier alpha value is -2.64. The lowest BCUT2D eigenvalue weighted by molar-refractivity contribution is 0.0601. The Balaban J connectivity index is 1.74. The van der Waals surface area contributed by atoms with Crippen LogP contribution in [0.1, 0.15) is 43.1 Å². The standard InChI is InChI=1S/C18H19F3N4O/c1-2-11-5-3-4-8-25(11)18(26)14-9-23-15(10-22-14)24-13-7-6-12(19)16(20)17(13)21/h6-7,9-11H,2-5,8H2,1H3,(H,23,24). The van der Waals surface area contributed by atoms with Gasteiger partial charge in [-0.05, 0) is 37.8 Å². The van der Waals surface area contributed by atoms with Crippen LogP contribution in [0.3, 0.4) is 0 Å². The highest BCUT2D eigenvalue weighted by molar-refractivity contribution is 5.92. The summed E-state index contributed by atoms with van der Waals surface area (Å²) in [5, 5.41) is 2.53. The zero-order valence-electron chi connectivity index (χ0n) is 14.3. The van der Waals surface area contributed by atoms with Gasteiger partial charge in [-0.25, -0.2) is 23.1 Å². The average Bonchev–Trinajstić information content (AvgIpc) is 2.68. The Morgan fingerprint density at radius 2 is 2.00 bits per heavy atom. The number of carbonyl (C=O) groups is 1. The van der Waals surface area contributed by atoms with E-state index in [0.717, 1.165) is 37.8 Å². The Kier molecular flexibility index (Phi) is 5.39. The molecule has 1 aliphatic heterocycles. The number of halogens is 3. The second kappa shape index (κ2) is 7.72. The molecular formula is C18H19F3N4O. The van der Waals surface area contributed by atoms with Gasteiger partial charge in [0.2, 0.25) is 0 Å². The van der Waals surface area contributed by atoms with Crippen molar-refractivity contribution < 1.29 is 18.0 Å². The number of likely N-dealkylation sites (tertiary alicyclic amines) is 1. The maximum absolute atomic E-state index is 13.7. The molecule has 1 saturated heterocycles. The molecular weight excluding hydrogens is 345 g/mol. The fourth-order valence-electron chi connectivity index (χ4n) is 3.10. The van der Waals surface area contributed by atoms with Crippen molar-refractivity contribution in [3.8, 4) is 0 Å². The predicted molar refractivity (Wildman–Crippen MR) is 90.6 cm³/mol. The van der Waals surface area contributed by atoms with E-state index in [1.54, 1.807) is 0 Å². The molecule has 0 aliphatic carbocycles. The highest BCUT2D eigenvalue weighted by Gasteiger charge is 2.27. The van der Waals surface area contributed by atoms with E-state index < -0.39 is 17.5 Å². The minimum Gasteiger partial charge on any atom is -0.336 e. The van der Waals surface area contributed by atoms with Crippen LogP contribution < -0.4 is 5.32 Å². The van der Waals surface area contributed by atoms with Crippen LogP contribution in [0.4, 0.5) is 24.7 Å². The van der Waals surface area contributed by atoms with Gasteiger partial charge in [0.25, 0.3) is 5.91 Å². The number of benzene rings is 1. The Bertz CT molecular complexity index is 798. The van der Waals surface area contributed by atoms with Gasteiger partial charge >= 0.3 is 0 Å². The molecule has 8 heteroatoms. The summed E-state index contributed by atoms with van der Waals surface area (Å²) in [4.78, 5) is 22.6. The van der Waals surface area contributed by atoms with Crippen LogP contribution in [-0.2, 0) is 0 Å². The fourth-order valence-corrected chi connectivity index (χ4v) is 3.10. The summed E-state index contributed by atoms with van der Waals surface area (Å²) in [7, 11) is 0. The molecule has 0 radical (unpaired) electrons. The number of aromatic nitrogens is 2. The third kappa shape index (κ3) is 3.63. The van der Waals surface area contributed by atoms with Crippen molar-refractivity contribution in [2.24, 2.45) is 0 Å². The number of carbonyl (C=O) groups excluding carboxylic acids is 1. The number of hydrogen-bond donors (Lipinski definition) is 1. The fraction of sp³-hybridized carbons (Fsp3) is 0.389. The lowest BCUT2D eigenvalue weighted by Gasteiger charge is -2.34. The first-order valence-corrected chi connectivity index (χ1v) is 8.54. The van der Waals surface area contributed by atoms with E-state index in [-0.39, 0.29) is 29.1 Å². The normalized spacial score (nSPS) is 17.2. The quantitative estimate of drug-likeness (QED) is 0.832. The number of amides is 1. The second-order valence-electron chi connectivity index (χ2n) is 6.19. The summed E-state index contributed by atoms with van der Waals surface area (Å²) in [5.41, 5.74) is -0.0685. The Morgan fingerprint density at radius 3 is 2.69 bits per heavy atom. The van der Waals surface area contributed by atoms with Crippen LogP contribution in [0.25, 0.3) is 0 Å². The summed E-state index contributed by atoms with van der Waals surface area (Å²) in [5.74, 6) is -4.24. The summed E-state index contributed by atoms with van der Waals surface area (Å²) in [6.07, 6.45) is 6.49. The molecule has 1 unspecified atom stereocenters. The van der Waals surface area contributed by atoms with E-state index in [2.05, 4.69) is 15.3 Å². The zero-order valence-corrected chi connectivity index (χ0v) is 14.3. The van der Waals surface area contributed by atoms with Crippen LogP contribution in [0, 0.1) is 17.5 Å². The smallest absolute Gasteiger partial charge is 0.274 e. The number of nitrogens with one attached hydrogen (secondary N) is 1. The molecule has 1 amide bonds. The van der Waals surface area contributed by atoms with Crippen molar-refractivity contribution >= 4 is 17.4 Å². The van der Waals surface area contributed by atoms with Gasteiger partial charge in [-0.1, -0.05) is 6.92 Å². The minimum absolute atomic E-state index is 0.122. The van der Waals surface area contributed by atoms with Crippen LogP contribution in [-0.4, -0.2) is 33.4 Å². The number of anilines is 2. The first-order chi connectivity index (χ1) is 12.5. The van der Waals surface area contributed by atoms with Gasteiger partial charge in [-0.3, -0.25) is 4.79 Å². The molecule has 26 heavy (non-hydrogen) atoms. The molecule has 1 aromatic heterocycles. The van der Waals surface area contributed by atoms with Gasteiger partial charge in [0.05, 0.1) is 18.1 Å². The lowest BCUT2D eigenvalue weighted by atomic mass is 10.00. The van der Waals surface area contributed by atoms with Gasteiger partial charge in [0, 0.05) is 12.6 Å². The first-order valence-electron chi connectivity index (χ1n) is 8.54. The van der Waals surface area contributed by atoms with Crippen molar-refractivity contribution in [1.29, 1.82) is 0 Å². The molecule has 1 aliphatic rings. The zero-order chi connectivity index (χ0) is 18.7. The molecule has 3 rings (SSSR count). The Labute approximate surface area is 149 Å². The molecule has 138 valence electrons. The van der Waals surface area contributed by atoms with Crippen LogP contribution in [0.5, 0.6) is 0 Å². The van der Waals surface area contributed by atoms with Crippen molar-refractivity contribution in [1.82, 2.24) is 14.9 Å². The van der Waals surface area contributed by atoms with Gasteiger partial charge < -0.3 is 10.2 Å². The van der Waals surface area contributed by atoms with E-state index in [4.69, 9.17) is 0 Å². The van der Waals surface area contributed by atoms with E-state index >= 15 is 0 Å². The number of rotatable bonds is 4. The molecule has 1 N–H and O–H groups in total. The van der Waals surface area contributed by atoms with Gasteiger partial charge in [-0.2, -0.15) is 0 Å². The van der Waals surface area contributed by atoms with E-state index in [1.165, 1.54) is 12.4 Å². The van der Waals surface area contributed by atoms with Crippen molar-refractivity contribution in [3.05, 3.63) is 47.7 Å². The molecule has 2 heterocycles. The van der Waals surface area contributed by atoms with Gasteiger partial charge in [0.15, 0.2) is 17.5 Å². The third-order valence-corrected chi connectivity index (χ3v) is 4.53. The lowest BCUT2D eigenvalue weighted by Crippen LogP contribution is -2.43. The molecule has 1 fully saturated rings. The van der Waals surface area contributed by atoms with Crippen LogP contribution in [0.15, 0.2) is 24.5 Å². The van der Waals surface area contributed by atoms with Crippen molar-refractivity contribution in [2.45, 2.75) is 38.6 Å². The SMILES string of the molecule is CCC1CCCCN1C(=O)c1cnc(Nc2ccc(F)c(F)c2F)cn1. The van der Waals surface area contributed by atoms with Crippen molar-refractivity contribution in [2.75, 3.05) is 11.9 Å². The summed E-state index contributed by atoms with van der Waals surface area (Å²) >= 11 is 0. The maximum Gasteiger partial charge on any atom is 0.274 e. The van der Waals surface area contributed by atoms with E-state index in [9.17, 15) is 18.0 Å². The molecule has 5 nitrogen and oxygen atoms in total. The second-order valence-corrected chi connectivity index (χ2v) is 6.19. The minimum atomic E-state index is -1.56. The molecule has 1 aromatic carbocycles. The van der Waals surface area contributed by atoms with Gasteiger partial charge in [0.1, 0.15) is 11.5 Å². The third-order valence-electron chi connectivity index (χ3n) is 4.53. The highest BCUT2D eigenvalue weighted by Crippen LogP contribution is 2.23. The maximum atomic E-state index is 13.7. The molecule has 0 spiro atoms. The summed E-state index contributed by atoms with van der Waals surface area (Å²) in [6.45, 7) is 2.74. The topological polar surface area (TPSA) is 58.1 Å².